The maximum Gasteiger partial charge on any atom is 0.126 e. The van der Waals surface area contributed by atoms with Crippen LogP contribution in [0.15, 0.2) is 6.07 Å². The lowest BCUT2D eigenvalue weighted by atomic mass is 9.84. The highest BCUT2D eigenvalue weighted by Crippen LogP contribution is 2.41. The monoisotopic (exact) mass is 415 g/mol. The minimum atomic E-state index is -0.0229. The first-order valence-corrected chi connectivity index (χ1v) is 12.7. The lowest BCUT2D eigenvalue weighted by Crippen LogP contribution is -2.37. The summed E-state index contributed by atoms with van der Waals surface area (Å²) >= 11 is 0. The molecule has 2 nitrogen and oxygen atoms in total. The number of hydrogen-bond acceptors (Lipinski definition) is 2. The number of rotatable bonds is 12. The van der Waals surface area contributed by atoms with E-state index < -0.39 is 0 Å². The largest absolute Gasteiger partial charge is 0.487 e. The highest BCUT2D eigenvalue weighted by atomic mass is 16.5. The van der Waals surface area contributed by atoms with E-state index in [-0.39, 0.29) is 5.60 Å². The first-order valence-electron chi connectivity index (χ1n) is 12.7. The lowest BCUT2D eigenvalue weighted by molar-refractivity contribution is 0.0515. The van der Waals surface area contributed by atoms with Crippen LogP contribution in [0.5, 0.6) is 5.75 Å². The molecule has 1 aliphatic rings. The number of fused-ring (bicyclic) bond motifs is 1. The number of hydrogen-bond donors (Lipinski definition) is 1. The van der Waals surface area contributed by atoms with Gasteiger partial charge in [0.2, 0.25) is 0 Å². The molecule has 0 unspecified atom stereocenters. The zero-order valence-corrected chi connectivity index (χ0v) is 21.1. The Morgan fingerprint density at radius 2 is 1.50 bits per heavy atom. The highest BCUT2D eigenvalue weighted by Gasteiger charge is 2.33. The van der Waals surface area contributed by atoms with Crippen molar-refractivity contribution in [2.24, 2.45) is 17.8 Å². The fourth-order valence-electron chi connectivity index (χ4n) is 5.10. The van der Waals surface area contributed by atoms with E-state index in [0.717, 1.165) is 48.5 Å². The standard InChI is InChI=1S/C28H49NO/c1-20(2)11-8-12-21(3)13-9-14-22(4)15-10-17-28(7)18-16-25-24(6)26(29)19-23(5)27(25)30-28/h19-22H,8-18,29H2,1-7H3/t21-,22-,28-/m1/s1. The molecule has 1 aliphatic heterocycles. The van der Waals surface area contributed by atoms with E-state index in [1.807, 2.05) is 0 Å². The normalized spacial score (nSPS) is 20.7. The zero-order chi connectivity index (χ0) is 22.3. The lowest BCUT2D eigenvalue weighted by Gasteiger charge is -2.38. The Hall–Kier alpha value is -1.18. The maximum absolute atomic E-state index is 6.58. The van der Waals surface area contributed by atoms with Crippen LogP contribution in [0.4, 0.5) is 5.69 Å². The average molecular weight is 416 g/mol. The van der Waals surface area contributed by atoms with Crippen molar-refractivity contribution >= 4 is 5.69 Å². The van der Waals surface area contributed by atoms with Crippen molar-refractivity contribution in [1.82, 2.24) is 0 Å². The molecule has 2 heteroatoms. The molecule has 0 saturated heterocycles. The predicted octanol–water partition coefficient (Wildman–Crippen LogP) is 8.41. The van der Waals surface area contributed by atoms with Gasteiger partial charge in [0.15, 0.2) is 0 Å². The van der Waals surface area contributed by atoms with Crippen molar-refractivity contribution in [1.29, 1.82) is 0 Å². The van der Waals surface area contributed by atoms with E-state index >= 15 is 0 Å². The Kier molecular flexibility index (Phi) is 9.57. The SMILES string of the molecule is Cc1cc(N)c(C)c2c1O[C@](C)(CCC[C@H](C)CCC[C@H](C)CCCC(C)C)CC2. The predicted molar refractivity (Wildman–Crippen MR) is 132 cm³/mol. The maximum atomic E-state index is 6.58. The molecule has 3 atom stereocenters. The molecule has 0 spiro atoms. The van der Waals surface area contributed by atoms with Crippen LogP contribution in [0.3, 0.4) is 0 Å². The van der Waals surface area contributed by atoms with Crippen molar-refractivity contribution in [3.05, 3.63) is 22.8 Å². The summed E-state index contributed by atoms with van der Waals surface area (Å²) in [4.78, 5) is 0. The summed E-state index contributed by atoms with van der Waals surface area (Å²) < 4.78 is 6.58. The molecule has 0 saturated carbocycles. The van der Waals surface area contributed by atoms with Crippen LogP contribution in [-0.4, -0.2) is 5.60 Å². The van der Waals surface area contributed by atoms with Gasteiger partial charge < -0.3 is 10.5 Å². The van der Waals surface area contributed by atoms with Crippen LogP contribution < -0.4 is 10.5 Å². The molecule has 2 rings (SSSR count). The second kappa shape index (κ2) is 11.4. The first kappa shape index (κ1) is 25.1. The van der Waals surface area contributed by atoms with Gasteiger partial charge in [-0.15, -0.1) is 0 Å². The number of aryl methyl sites for hydroxylation is 1. The van der Waals surface area contributed by atoms with Crippen molar-refractivity contribution in [2.45, 2.75) is 125 Å². The van der Waals surface area contributed by atoms with Crippen LogP contribution >= 0.6 is 0 Å². The third-order valence-electron chi connectivity index (χ3n) is 7.42. The first-order chi connectivity index (χ1) is 14.1. The van der Waals surface area contributed by atoms with Crippen molar-refractivity contribution in [2.75, 3.05) is 5.73 Å². The van der Waals surface area contributed by atoms with Crippen molar-refractivity contribution in [3.63, 3.8) is 0 Å². The van der Waals surface area contributed by atoms with Gasteiger partial charge in [-0.05, 0) is 87.0 Å². The van der Waals surface area contributed by atoms with E-state index in [9.17, 15) is 0 Å². The molecule has 0 fully saturated rings. The molecule has 0 radical (unpaired) electrons. The van der Waals surface area contributed by atoms with Gasteiger partial charge in [-0.25, -0.2) is 0 Å². The van der Waals surface area contributed by atoms with Gasteiger partial charge in [-0.2, -0.15) is 0 Å². The minimum absolute atomic E-state index is 0.0229. The summed E-state index contributed by atoms with van der Waals surface area (Å²) in [6, 6.07) is 2.08. The van der Waals surface area contributed by atoms with E-state index in [1.54, 1.807) is 0 Å². The van der Waals surface area contributed by atoms with Crippen molar-refractivity contribution in [3.8, 4) is 5.75 Å². The topological polar surface area (TPSA) is 35.2 Å². The van der Waals surface area contributed by atoms with Crippen molar-refractivity contribution < 1.29 is 4.74 Å². The molecule has 0 amide bonds. The molecule has 30 heavy (non-hydrogen) atoms. The molecule has 172 valence electrons. The van der Waals surface area contributed by atoms with E-state index in [0.29, 0.717) is 0 Å². The van der Waals surface area contributed by atoms with E-state index in [2.05, 4.69) is 54.5 Å². The highest BCUT2D eigenvalue weighted by molar-refractivity contribution is 5.60. The van der Waals surface area contributed by atoms with Gasteiger partial charge in [0.25, 0.3) is 0 Å². The summed E-state index contributed by atoms with van der Waals surface area (Å²) in [5, 5.41) is 0. The van der Waals surface area contributed by atoms with Crippen LogP contribution in [-0.2, 0) is 6.42 Å². The summed E-state index contributed by atoms with van der Waals surface area (Å²) in [6.45, 7) is 16.1. The number of benzene rings is 1. The fraction of sp³-hybridized carbons (Fsp3) is 0.786. The Balaban J connectivity index is 1.69. The number of ether oxygens (including phenoxy) is 1. The molecular weight excluding hydrogens is 366 g/mol. The Bertz CT molecular complexity index is 665. The Morgan fingerprint density at radius 1 is 0.933 bits per heavy atom. The quantitative estimate of drug-likeness (QED) is 0.348. The summed E-state index contributed by atoms with van der Waals surface area (Å²) in [5.41, 5.74) is 10.8. The average Bonchev–Trinajstić information content (AvgIpc) is 2.66. The molecule has 0 aromatic heterocycles. The second-order valence-electron chi connectivity index (χ2n) is 11.1. The molecule has 0 bridgehead atoms. The third kappa shape index (κ3) is 7.50. The Labute approximate surface area is 187 Å². The van der Waals surface area contributed by atoms with E-state index in [1.165, 1.54) is 68.1 Å². The number of nitrogens with two attached hydrogens (primary N) is 1. The van der Waals surface area contributed by atoms with Crippen LogP contribution in [0.1, 0.15) is 116 Å². The smallest absolute Gasteiger partial charge is 0.126 e. The van der Waals surface area contributed by atoms with Crippen LogP contribution in [0.25, 0.3) is 0 Å². The molecule has 1 aromatic carbocycles. The molecule has 0 aliphatic carbocycles. The van der Waals surface area contributed by atoms with Gasteiger partial charge in [0, 0.05) is 5.69 Å². The number of nitrogen functional groups attached to an aromatic ring is 1. The summed E-state index contributed by atoms with van der Waals surface area (Å²) in [6.07, 6.45) is 14.3. The fourth-order valence-corrected chi connectivity index (χ4v) is 5.10. The third-order valence-corrected chi connectivity index (χ3v) is 7.42. The number of anilines is 1. The Morgan fingerprint density at radius 3 is 2.10 bits per heavy atom. The molecule has 1 aromatic rings. The van der Waals surface area contributed by atoms with Gasteiger partial charge in [0.05, 0.1) is 0 Å². The van der Waals surface area contributed by atoms with Gasteiger partial charge in [-0.3, -0.25) is 0 Å². The van der Waals surface area contributed by atoms with Gasteiger partial charge >= 0.3 is 0 Å². The summed E-state index contributed by atoms with van der Waals surface area (Å²) in [7, 11) is 0. The van der Waals surface area contributed by atoms with Gasteiger partial charge in [-0.1, -0.05) is 72.6 Å². The second-order valence-corrected chi connectivity index (χ2v) is 11.1. The van der Waals surface area contributed by atoms with Crippen LogP contribution in [0, 0.1) is 31.6 Å². The van der Waals surface area contributed by atoms with Crippen LogP contribution in [0.2, 0.25) is 0 Å². The zero-order valence-electron chi connectivity index (χ0n) is 21.1. The molecule has 2 N–H and O–H groups in total. The minimum Gasteiger partial charge on any atom is -0.487 e. The van der Waals surface area contributed by atoms with Gasteiger partial charge in [0.1, 0.15) is 11.4 Å². The molecule has 1 heterocycles. The summed E-state index contributed by atoms with van der Waals surface area (Å²) in [5.74, 6) is 3.68. The molecular formula is C28H49NO. The van der Waals surface area contributed by atoms with E-state index in [4.69, 9.17) is 10.5 Å².